The Balaban J connectivity index is 2.41. The second-order valence-corrected chi connectivity index (χ2v) is 6.44. The third kappa shape index (κ3) is 3.13. The first-order valence-corrected chi connectivity index (χ1v) is 7.26. The van der Waals surface area contributed by atoms with Crippen LogP contribution in [0.1, 0.15) is 32.2 Å². The van der Waals surface area contributed by atoms with Crippen molar-refractivity contribution in [1.29, 1.82) is 0 Å². The number of amidine groups is 1. The van der Waals surface area contributed by atoms with Crippen molar-refractivity contribution in [2.24, 2.45) is 10.9 Å². The van der Waals surface area contributed by atoms with Crippen molar-refractivity contribution in [3.8, 4) is 0 Å². The van der Waals surface area contributed by atoms with Crippen LogP contribution in [0.3, 0.4) is 0 Å². The molecule has 112 valence electrons. The van der Waals surface area contributed by atoms with Crippen molar-refractivity contribution in [1.82, 2.24) is 9.36 Å². The quantitative estimate of drug-likeness (QED) is 0.394. The summed E-state index contributed by atoms with van der Waals surface area (Å²) < 4.78 is 4.41. The molecule has 7 heteroatoms. The smallest absolute Gasteiger partial charge is 0.209 e. The second-order valence-electron chi connectivity index (χ2n) is 5.71. The molecule has 0 bridgehead atoms. The van der Waals surface area contributed by atoms with E-state index in [1.54, 1.807) is 6.07 Å². The molecule has 0 radical (unpaired) electrons. The molecule has 0 aliphatic rings. The van der Waals surface area contributed by atoms with Gasteiger partial charge in [-0.2, -0.15) is 4.37 Å². The zero-order valence-electron chi connectivity index (χ0n) is 12.5. The van der Waals surface area contributed by atoms with Crippen LogP contribution < -0.4 is 10.6 Å². The van der Waals surface area contributed by atoms with Crippen molar-refractivity contribution in [3.05, 3.63) is 35.7 Å². The Morgan fingerprint density at radius 1 is 1.33 bits per heavy atom. The van der Waals surface area contributed by atoms with Gasteiger partial charge in [-0.05, 0) is 12.1 Å². The van der Waals surface area contributed by atoms with Crippen LogP contribution in [0.2, 0.25) is 0 Å². The van der Waals surface area contributed by atoms with E-state index in [0.29, 0.717) is 5.56 Å². The van der Waals surface area contributed by atoms with Crippen LogP contribution in [0, 0.1) is 0 Å². The molecule has 0 unspecified atom stereocenters. The van der Waals surface area contributed by atoms with Crippen molar-refractivity contribution in [2.75, 3.05) is 11.9 Å². The Labute approximate surface area is 128 Å². The first-order valence-electron chi connectivity index (χ1n) is 6.49. The number of nitrogens with zero attached hydrogens (tertiary/aromatic N) is 4. The molecular formula is C14H19N5OS. The summed E-state index contributed by atoms with van der Waals surface area (Å²) >= 11 is 1.33. The van der Waals surface area contributed by atoms with E-state index in [9.17, 15) is 0 Å². The number of hydrogen-bond acceptors (Lipinski definition) is 6. The maximum Gasteiger partial charge on any atom is 0.209 e. The van der Waals surface area contributed by atoms with Crippen LogP contribution in [-0.2, 0) is 5.41 Å². The summed E-state index contributed by atoms with van der Waals surface area (Å²) in [5, 5.41) is 12.7. The minimum absolute atomic E-state index is 0.0676. The molecule has 2 aromatic rings. The molecule has 0 spiro atoms. The van der Waals surface area contributed by atoms with Gasteiger partial charge in [-0.15, -0.1) is 0 Å². The van der Waals surface area contributed by atoms with E-state index in [-0.39, 0.29) is 11.3 Å². The summed E-state index contributed by atoms with van der Waals surface area (Å²) in [6.45, 7) is 6.22. The largest absolute Gasteiger partial charge is 0.409 e. The van der Waals surface area contributed by atoms with Gasteiger partial charge in [-0.3, -0.25) is 0 Å². The highest BCUT2D eigenvalue weighted by atomic mass is 32.1. The average molecular weight is 305 g/mol. The molecule has 3 N–H and O–H groups in total. The molecular weight excluding hydrogens is 286 g/mol. The zero-order valence-corrected chi connectivity index (χ0v) is 13.3. The van der Waals surface area contributed by atoms with E-state index in [1.807, 2.05) is 30.1 Å². The van der Waals surface area contributed by atoms with Gasteiger partial charge in [0, 0.05) is 29.6 Å². The number of anilines is 2. The monoisotopic (exact) mass is 305 g/mol. The highest BCUT2D eigenvalue weighted by Gasteiger charge is 2.22. The van der Waals surface area contributed by atoms with Crippen LogP contribution in [0.25, 0.3) is 0 Å². The van der Waals surface area contributed by atoms with Gasteiger partial charge in [0.2, 0.25) is 5.13 Å². The highest BCUT2D eigenvalue weighted by Crippen LogP contribution is 2.30. The van der Waals surface area contributed by atoms with Crippen LogP contribution in [0.15, 0.2) is 29.4 Å². The minimum atomic E-state index is -0.0965. The van der Waals surface area contributed by atoms with Gasteiger partial charge in [0.05, 0.1) is 5.69 Å². The summed E-state index contributed by atoms with van der Waals surface area (Å²) in [5.74, 6) is 0.869. The molecule has 0 saturated carbocycles. The molecule has 0 fully saturated rings. The molecule has 1 aromatic heterocycles. The first-order chi connectivity index (χ1) is 9.84. The molecule has 0 atom stereocenters. The summed E-state index contributed by atoms with van der Waals surface area (Å²) in [4.78, 5) is 6.46. The third-order valence-corrected chi connectivity index (χ3v) is 3.81. The average Bonchev–Trinajstić information content (AvgIpc) is 2.95. The molecule has 1 heterocycles. The summed E-state index contributed by atoms with van der Waals surface area (Å²) in [5.41, 5.74) is 7.09. The predicted octanol–water partition coefficient (Wildman–Crippen LogP) is 2.70. The SMILES string of the molecule is CN(c1nc(C(C)(C)C)ns1)c1ccccc1/C(N)=N/O. The number of hydrogen-bond donors (Lipinski definition) is 2. The van der Waals surface area contributed by atoms with Gasteiger partial charge >= 0.3 is 0 Å². The van der Waals surface area contributed by atoms with E-state index in [2.05, 4.69) is 35.3 Å². The van der Waals surface area contributed by atoms with Gasteiger partial charge < -0.3 is 15.8 Å². The number of benzene rings is 1. The molecule has 0 aliphatic heterocycles. The lowest BCUT2D eigenvalue weighted by atomic mass is 9.96. The highest BCUT2D eigenvalue weighted by molar-refractivity contribution is 7.09. The number of oxime groups is 1. The molecule has 0 aliphatic carbocycles. The van der Waals surface area contributed by atoms with Crippen LogP contribution in [-0.4, -0.2) is 27.4 Å². The predicted molar refractivity (Wildman–Crippen MR) is 85.6 cm³/mol. The fourth-order valence-corrected chi connectivity index (χ4v) is 2.63. The lowest BCUT2D eigenvalue weighted by Crippen LogP contribution is -2.20. The maximum atomic E-state index is 8.89. The standard InChI is InChI=1S/C14H19N5OS/c1-14(2,3)12-16-13(21-18-12)19(4)10-8-6-5-7-9(10)11(15)17-20/h5-8,20H,1-4H3,(H2,15,17). The molecule has 1 aromatic carbocycles. The number of rotatable bonds is 3. The lowest BCUT2D eigenvalue weighted by Gasteiger charge is -2.19. The molecule has 6 nitrogen and oxygen atoms in total. The molecule has 0 saturated heterocycles. The van der Waals surface area contributed by atoms with Gasteiger partial charge in [0.1, 0.15) is 5.82 Å². The lowest BCUT2D eigenvalue weighted by molar-refractivity contribution is 0.318. The Hall–Kier alpha value is -2.15. The topological polar surface area (TPSA) is 87.6 Å². The van der Waals surface area contributed by atoms with E-state index in [1.165, 1.54) is 11.5 Å². The van der Waals surface area contributed by atoms with Crippen molar-refractivity contribution >= 4 is 28.2 Å². The molecule has 2 rings (SSSR count). The molecule has 21 heavy (non-hydrogen) atoms. The van der Waals surface area contributed by atoms with E-state index in [0.717, 1.165) is 16.6 Å². The Morgan fingerprint density at radius 2 is 2.00 bits per heavy atom. The minimum Gasteiger partial charge on any atom is -0.409 e. The maximum absolute atomic E-state index is 8.89. The summed E-state index contributed by atoms with van der Waals surface area (Å²) in [6, 6.07) is 7.43. The fourth-order valence-electron chi connectivity index (χ4n) is 1.80. The van der Waals surface area contributed by atoms with Gasteiger partial charge in [0.15, 0.2) is 5.84 Å². The van der Waals surface area contributed by atoms with Crippen molar-refractivity contribution in [2.45, 2.75) is 26.2 Å². The fraction of sp³-hybridized carbons (Fsp3) is 0.357. The second kappa shape index (κ2) is 5.69. The van der Waals surface area contributed by atoms with Crippen LogP contribution >= 0.6 is 11.5 Å². The van der Waals surface area contributed by atoms with Gasteiger partial charge in [0.25, 0.3) is 0 Å². The zero-order chi connectivity index (χ0) is 15.6. The number of aromatic nitrogens is 2. The Morgan fingerprint density at radius 3 is 2.57 bits per heavy atom. The number of para-hydroxylation sites is 1. The molecule has 0 amide bonds. The van der Waals surface area contributed by atoms with Crippen molar-refractivity contribution < 1.29 is 5.21 Å². The van der Waals surface area contributed by atoms with Crippen molar-refractivity contribution in [3.63, 3.8) is 0 Å². The normalized spacial score (nSPS) is 12.5. The van der Waals surface area contributed by atoms with Gasteiger partial charge in [-0.1, -0.05) is 38.1 Å². The van der Waals surface area contributed by atoms with E-state index < -0.39 is 0 Å². The summed E-state index contributed by atoms with van der Waals surface area (Å²) in [7, 11) is 1.89. The van der Waals surface area contributed by atoms with Crippen LogP contribution in [0.4, 0.5) is 10.8 Å². The number of nitrogens with two attached hydrogens (primary N) is 1. The first kappa shape index (κ1) is 15.2. The van der Waals surface area contributed by atoms with E-state index >= 15 is 0 Å². The Kier molecular flexibility index (Phi) is 4.13. The van der Waals surface area contributed by atoms with Gasteiger partial charge in [-0.25, -0.2) is 4.98 Å². The third-order valence-electron chi connectivity index (χ3n) is 3.02. The van der Waals surface area contributed by atoms with Crippen LogP contribution in [0.5, 0.6) is 0 Å². The summed E-state index contributed by atoms with van der Waals surface area (Å²) in [6.07, 6.45) is 0. The van der Waals surface area contributed by atoms with E-state index in [4.69, 9.17) is 10.9 Å². The Bertz CT molecular complexity index is 659.